The lowest BCUT2D eigenvalue weighted by atomic mass is 10.2. The van der Waals surface area contributed by atoms with Gasteiger partial charge in [-0.2, -0.15) is 0 Å². The zero-order valence-corrected chi connectivity index (χ0v) is 15.9. The predicted octanol–water partition coefficient (Wildman–Crippen LogP) is 3.75. The van der Waals surface area contributed by atoms with E-state index in [0.29, 0.717) is 13.2 Å². The van der Waals surface area contributed by atoms with Gasteiger partial charge in [0.2, 0.25) is 0 Å². The van der Waals surface area contributed by atoms with Crippen LogP contribution >= 0.6 is 31.9 Å². The van der Waals surface area contributed by atoms with E-state index in [1.807, 2.05) is 6.92 Å². The first kappa shape index (κ1) is 18.9. The Kier molecular flexibility index (Phi) is 9.51. The van der Waals surface area contributed by atoms with Crippen LogP contribution in [0.2, 0.25) is 0 Å². The van der Waals surface area contributed by atoms with E-state index in [0.717, 1.165) is 34.2 Å². The Bertz CT molecular complexity index is 406. The quantitative estimate of drug-likeness (QED) is 0.580. The van der Waals surface area contributed by atoms with Gasteiger partial charge in [-0.15, -0.1) is 0 Å². The molecular weight excluding hydrogens is 402 g/mol. The van der Waals surface area contributed by atoms with E-state index in [9.17, 15) is 0 Å². The molecule has 1 aromatic rings. The molecule has 0 heterocycles. The maximum absolute atomic E-state index is 5.96. The third kappa shape index (κ3) is 7.10. The summed E-state index contributed by atoms with van der Waals surface area (Å²) in [5.74, 6) is 0.833. The summed E-state index contributed by atoms with van der Waals surface area (Å²) in [4.78, 5) is 0. The van der Waals surface area contributed by atoms with Gasteiger partial charge in [0.15, 0.2) is 0 Å². The van der Waals surface area contributed by atoms with Crippen molar-refractivity contribution in [1.82, 2.24) is 5.32 Å². The van der Waals surface area contributed by atoms with Gasteiger partial charge in [-0.1, -0.05) is 0 Å². The zero-order valence-electron chi connectivity index (χ0n) is 12.7. The molecule has 0 bridgehead atoms. The molecule has 0 radical (unpaired) electrons. The minimum Gasteiger partial charge on any atom is -0.488 e. The minimum absolute atomic E-state index is 0.100. The molecule has 1 N–H and O–H groups in total. The van der Waals surface area contributed by atoms with Gasteiger partial charge in [-0.05, 0) is 56.5 Å². The Labute approximate surface area is 143 Å². The molecule has 120 valence electrons. The number of hydrogen-bond donors (Lipinski definition) is 1. The van der Waals surface area contributed by atoms with Crippen molar-refractivity contribution in [2.45, 2.75) is 26.0 Å². The van der Waals surface area contributed by atoms with Crippen LogP contribution in [-0.2, 0) is 16.0 Å². The standard InChI is InChI=1S/C15H23Br2NO3/c1-11(4-6-19-2)21-15-13(16)8-12(9-14(15)17)10-18-5-7-20-3/h8-9,11,18H,4-7,10H2,1-3H3. The molecular formula is C15H23Br2NO3. The summed E-state index contributed by atoms with van der Waals surface area (Å²) >= 11 is 7.16. The highest BCUT2D eigenvalue weighted by Crippen LogP contribution is 2.35. The summed E-state index contributed by atoms with van der Waals surface area (Å²) in [6, 6.07) is 4.14. The van der Waals surface area contributed by atoms with Crippen molar-refractivity contribution in [3.63, 3.8) is 0 Å². The molecule has 1 rings (SSSR count). The number of nitrogens with one attached hydrogen (secondary N) is 1. The first-order valence-electron chi connectivity index (χ1n) is 6.91. The third-order valence-electron chi connectivity index (χ3n) is 2.92. The van der Waals surface area contributed by atoms with E-state index in [1.54, 1.807) is 14.2 Å². The van der Waals surface area contributed by atoms with Crippen molar-refractivity contribution in [2.75, 3.05) is 34.0 Å². The van der Waals surface area contributed by atoms with Crippen LogP contribution in [0, 0.1) is 0 Å². The summed E-state index contributed by atoms with van der Waals surface area (Å²) < 4.78 is 17.9. The highest BCUT2D eigenvalue weighted by Gasteiger charge is 2.12. The zero-order chi connectivity index (χ0) is 15.7. The molecule has 21 heavy (non-hydrogen) atoms. The van der Waals surface area contributed by atoms with Crippen LogP contribution < -0.4 is 10.1 Å². The van der Waals surface area contributed by atoms with Crippen molar-refractivity contribution in [2.24, 2.45) is 0 Å². The highest BCUT2D eigenvalue weighted by atomic mass is 79.9. The van der Waals surface area contributed by atoms with Crippen LogP contribution in [0.25, 0.3) is 0 Å². The Balaban J connectivity index is 2.62. The molecule has 0 saturated heterocycles. The lowest BCUT2D eigenvalue weighted by molar-refractivity contribution is 0.134. The Morgan fingerprint density at radius 3 is 2.29 bits per heavy atom. The second-order valence-corrected chi connectivity index (χ2v) is 6.48. The van der Waals surface area contributed by atoms with Crippen LogP contribution in [0.15, 0.2) is 21.1 Å². The van der Waals surface area contributed by atoms with E-state index >= 15 is 0 Å². The highest BCUT2D eigenvalue weighted by molar-refractivity contribution is 9.11. The monoisotopic (exact) mass is 423 g/mol. The second-order valence-electron chi connectivity index (χ2n) is 4.77. The Morgan fingerprint density at radius 1 is 1.10 bits per heavy atom. The van der Waals surface area contributed by atoms with E-state index in [4.69, 9.17) is 14.2 Å². The lowest BCUT2D eigenvalue weighted by Crippen LogP contribution is -2.19. The van der Waals surface area contributed by atoms with Crippen LogP contribution in [0.3, 0.4) is 0 Å². The van der Waals surface area contributed by atoms with Crippen LogP contribution in [0.5, 0.6) is 5.75 Å². The smallest absolute Gasteiger partial charge is 0.148 e. The van der Waals surface area contributed by atoms with Crippen LogP contribution in [0.4, 0.5) is 0 Å². The Hall–Kier alpha value is -0.140. The maximum Gasteiger partial charge on any atom is 0.148 e. The Morgan fingerprint density at radius 2 is 1.71 bits per heavy atom. The summed E-state index contributed by atoms with van der Waals surface area (Å²) in [6.07, 6.45) is 0.957. The molecule has 0 aliphatic carbocycles. The number of ether oxygens (including phenoxy) is 3. The molecule has 0 aromatic heterocycles. The van der Waals surface area contributed by atoms with Crippen molar-refractivity contribution in [3.8, 4) is 5.75 Å². The van der Waals surface area contributed by atoms with E-state index < -0.39 is 0 Å². The first-order valence-corrected chi connectivity index (χ1v) is 8.50. The summed E-state index contributed by atoms with van der Waals surface area (Å²) in [5.41, 5.74) is 1.18. The van der Waals surface area contributed by atoms with Gasteiger partial charge in [0.25, 0.3) is 0 Å². The van der Waals surface area contributed by atoms with Crippen LogP contribution in [-0.4, -0.2) is 40.1 Å². The van der Waals surface area contributed by atoms with Crippen molar-refractivity contribution < 1.29 is 14.2 Å². The van der Waals surface area contributed by atoms with Gasteiger partial charge in [0.1, 0.15) is 5.75 Å². The third-order valence-corrected chi connectivity index (χ3v) is 4.10. The lowest BCUT2D eigenvalue weighted by Gasteiger charge is -2.18. The molecule has 1 unspecified atom stereocenters. The molecule has 1 atom stereocenters. The number of hydrogen-bond acceptors (Lipinski definition) is 4. The summed E-state index contributed by atoms with van der Waals surface area (Å²) in [5, 5.41) is 3.32. The number of rotatable bonds is 10. The second kappa shape index (κ2) is 10.6. The molecule has 0 saturated carbocycles. The molecule has 0 fully saturated rings. The van der Waals surface area contributed by atoms with Gasteiger partial charge in [0.05, 0.1) is 21.7 Å². The van der Waals surface area contributed by atoms with Crippen LogP contribution in [0.1, 0.15) is 18.9 Å². The normalized spacial score (nSPS) is 12.4. The molecule has 1 aromatic carbocycles. The molecule has 0 aliphatic heterocycles. The summed E-state index contributed by atoms with van der Waals surface area (Å²) in [7, 11) is 3.40. The SMILES string of the molecule is COCCNCc1cc(Br)c(OC(C)CCOC)c(Br)c1. The van der Waals surface area contributed by atoms with Crippen molar-refractivity contribution in [3.05, 3.63) is 26.6 Å². The van der Waals surface area contributed by atoms with E-state index in [1.165, 1.54) is 5.56 Å². The van der Waals surface area contributed by atoms with E-state index in [-0.39, 0.29) is 6.10 Å². The molecule has 0 aliphatic rings. The van der Waals surface area contributed by atoms with Gasteiger partial charge in [-0.25, -0.2) is 0 Å². The van der Waals surface area contributed by atoms with Gasteiger partial charge in [-0.3, -0.25) is 0 Å². The van der Waals surface area contributed by atoms with Crippen molar-refractivity contribution >= 4 is 31.9 Å². The topological polar surface area (TPSA) is 39.7 Å². The molecule has 6 heteroatoms. The predicted molar refractivity (Wildman–Crippen MR) is 92.0 cm³/mol. The fourth-order valence-electron chi connectivity index (χ4n) is 1.78. The van der Waals surface area contributed by atoms with Gasteiger partial charge >= 0.3 is 0 Å². The largest absolute Gasteiger partial charge is 0.488 e. The maximum atomic E-state index is 5.96. The number of halogens is 2. The fraction of sp³-hybridized carbons (Fsp3) is 0.600. The van der Waals surface area contributed by atoms with Gasteiger partial charge in [0, 0.05) is 40.3 Å². The number of methoxy groups -OCH3 is 2. The minimum atomic E-state index is 0.100. The average molecular weight is 425 g/mol. The van der Waals surface area contributed by atoms with E-state index in [2.05, 4.69) is 49.3 Å². The van der Waals surface area contributed by atoms with Crippen molar-refractivity contribution in [1.29, 1.82) is 0 Å². The molecule has 4 nitrogen and oxygen atoms in total. The summed E-state index contributed by atoms with van der Waals surface area (Å²) in [6.45, 7) is 5.06. The van der Waals surface area contributed by atoms with Gasteiger partial charge < -0.3 is 19.5 Å². The fourth-order valence-corrected chi connectivity index (χ4v) is 3.25. The molecule has 0 spiro atoms. The number of benzene rings is 1. The first-order chi connectivity index (χ1) is 10.1. The molecule has 0 amide bonds. The average Bonchev–Trinajstić information content (AvgIpc) is 2.45.